The van der Waals surface area contributed by atoms with Gasteiger partial charge in [0.05, 0.1) is 6.20 Å². The van der Waals surface area contributed by atoms with Crippen molar-refractivity contribution < 1.29 is 13.2 Å². The highest BCUT2D eigenvalue weighted by Crippen LogP contribution is 2.30. The van der Waals surface area contributed by atoms with Gasteiger partial charge in [-0.25, -0.2) is 0 Å². The van der Waals surface area contributed by atoms with E-state index in [9.17, 15) is 13.2 Å². The molecule has 1 aromatic rings. The minimum atomic E-state index is -4.35. The number of nitrogens with zero attached hydrogens (tertiary/aromatic N) is 1. The molecule has 0 spiro atoms. The van der Waals surface area contributed by atoms with Crippen molar-refractivity contribution in [2.24, 2.45) is 5.73 Å². The average Bonchev–Trinajstić information content (AvgIpc) is 2.47. The number of aromatic amines is 1. The summed E-state index contributed by atoms with van der Waals surface area (Å²) in [5.74, 6) is 0. The van der Waals surface area contributed by atoms with E-state index in [4.69, 9.17) is 5.73 Å². The normalized spacial score (nSPS) is 11.1. The Kier molecular flexibility index (Phi) is 4.93. The fourth-order valence-electron chi connectivity index (χ4n) is 1.04. The summed E-state index contributed by atoms with van der Waals surface area (Å²) in [6.07, 6.45) is -2.32. The molecule has 0 saturated heterocycles. The Hall–Kier alpha value is -0.750. The number of nitrogens with two attached hydrogens (primary N) is 1. The van der Waals surface area contributed by atoms with Crippen molar-refractivity contribution in [2.75, 3.05) is 6.54 Å². The molecule has 0 bridgehead atoms. The number of H-pyrrole nitrogens is 1. The summed E-state index contributed by atoms with van der Waals surface area (Å²) >= 11 is 0. The SMILES string of the molecule is Cl.NCCCc1cn[nH]c1C(F)(F)F. The molecule has 1 rings (SSSR count). The van der Waals surface area contributed by atoms with Gasteiger partial charge in [0.25, 0.3) is 0 Å². The van der Waals surface area contributed by atoms with Gasteiger partial charge in [0.2, 0.25) is 0 Å². The predicted molar refractivity (Wildman–Crippen MR) is 48.2 cm³/mol. The van der Waals surface area contributed by atoms with Crippen molar-refractivity contribution in [3.05, 3.63) is 17.5 Å². The lowest BCUT2D eigenvalue weighted by Gasteiger charge is -2.05. The lowest BCUT2D eigenvalue weighted by Crippen LogP contribution is -2.10. The van der Waals surface area contributed by atoms with Crippen molar-refractivity contribution in [1.82, 2.24) is 10.2 Å². The zero-order valence-corrected chi connectivity index (χ0v) is 8.08. The first kappa shape index (κ1) is 13.2. The minimum absolute atomic E-state index is 0. The number of hydrogen-bond acceptors (Lipinski definition) is 2. The van der Waals surface area contributed by atoms with Crippen molar-refractivity contribution in [2.45, 2.75) is 19.0 Å². The van der Waals surface area contributed by atoms with Gasteiger partial charge >= 0.3 is 6.18 Å². The topological polar surface area (TPSA) is 54.7 Å². The molecule has 0 aromatic carbocycles. The minimum Gasteiger partial charge on any atom is -0.330 e. The van der Waals surface area contributed by atoms with Crippen LogP contribution in [0.5, 0.6) is 0 Å². The third-order valence-electron chi connectivity index (χ3n) is 1.65. The van der Waals surface area contributed by atoms with E-state index < -0.39 is 11.9 Å². The Morgan fingerprint density at radius 2 is 2.07 bits per heavy atom. The molecular formula is C7H11ClF3N3. The monoisotopic (exact) mass is 229 g/mol. The van der Waals surface area contributed by atoms with Gasteiger partial charge in [-0.15, -0.1) is 12.4 Å². The van der Waals surface area contributed by atoms with Crippen LogP contribution in [-0.4, -0.2) is 16.7 Å². The first-order valence-corrected chi connectivity index (χ1v) is 3.85. The maximum absolute atomic E-state index is 12.2. The number of alkyl halides is 3. The summed E-state index contributed by atoms with van der Waals surface area (Å²) in [5.41, 5.74) is 4.61. The zero-order chi connectivity index (χ0) is 9.90. The summed E-state index contributed by atoms with van der Waals surface area (Å²) in [6, 6.07) is 0. The Labute approximate surface area is 85.3 Å². The average molecular weight is 230 g/mol. The Morgan fingerprint density at radius 1 is 1.43 bits per heavy atom. The molecule has 0 unspecified atom stereocenters. The molecule has 82 valence electrons. The van der Waals surface area contributed by atoms with Gasteiger partial charge in [-0.1, -0.05) is 0 Å². The van der Waals surface area contributed by atoms with Crippen LogP contribution in [0.1, 0.15) is 17.7 Å². The number of hydrogen-bond donors (Lipinski definition) is 2. The molecule has 7 heteroatoms. The van der Waals surface area contributed by atoms with Crippen molar-refractivity contribution in [3.63, 3.8) is 0 Å². The molecule has 0 radical (unpaired) electrons. The first-order chi connectivity index (χ1) is 6.05. The molecule has 3 N–H and O–H groups in total. The third kappa shape index (κ3) is 3.19. The van der Waals surface area contributed by atoms with Gasteiger partial charge in [-0.2, -0.15) is 18.3 Å². The maximum atomic E-state index is 12.2. The van der Waals surface area contributed by atoms with Crippen LogP contribution in [0.4, 0.5) is 13.2 Å². The van der Waals surface area contributed by atoms with Crippen molar-refractivity contribution in [3.8, 4) is 0 Å². The van der Waals surface area contributed by atoms with Gasteiger partial charge < -0.3 is 5.73 Å². The molecule has 0 aliphatic heterocycles. The summed E-state index contributed by atoms with van der Waals surface area (Å²) in [4.78, 5) is 0. The molecule has 0 aliphatic carbocycles. The molecule has 0 amide bonds. The van der Waals surface area contributed by atoms with Crippen LogP contribution in [-0.2, 0) is 12.6 Å². The van der Waals surface area contributed by atoms with E-state index in [2.05, 4.69) is 5.10 Å². The molecule has 0 saturated carbocycles. The molecule has 1 heterocycles. The van der Waals surface area contributed by atoms with E-state index >= 15 is 0 Å². The highest BCUT2D eigenvalue weighted by Gasteiger charge is 2.34. The standard InChI is InChI=1S/C7H10F3N3.ClH/c8-7(9,10)6-5(2-1-3-11)4-12-13-6;/h4H,1-3,11H2,(H,12,13);1H. The Balaban J connectivity index is 0.00000169. The van der Waals surface area contributed by atoms with E-state index in [1.165, 1.54) is 6.20 Å². The van der Waals surface area contributed by atoms with E-state index in [0.717, 1.165) is 0 Å². The Morgan fingerprint density at radius 3 is 2.57 bits per heavy atom. The van der Waals surface area contributed by atoms with Gasteiger partial charge in [-0.3, -0.25) is 5.10 Å². The largest absolute Gasteiger partial charge is 0.433 e. The number of rotatable bonds is 3. The Bertz CT molecular complexity index is 271. The van der Waals surface area contributed by atoms with Crippen LogP contribution >= 0.6 is 12.4 Å². The molecule has 0 aliphatic rings. The third-order valence-corrected chi connectivity index (χ3v) is 1.65. The fraction of sp³-hybridized carbons (Fsp3) is 0.571. The maximum Gasteiger partial charge on any atom is 0.433 e. The lowest BCUT2D eigenvalue weighted by atomic mass is 10.1. The van der Waals surface area contributed by atoms with Crippen molar-refractivity contribution in [1.29, 1.82) is 0 Å². The van der Waals surface area contributed by atoms with Gasteiger partial charge in [0.1, 0.15) is 5.69 Å². The molecular weight excluding hydrogens is 219 g/mol. The molecule has 1 aromatic heterocycles. The summed E-state index contributed by atoms with van der Waals surface area (Å²) in [6.45, 7) is 0.377. The van der Waals surface area contributed by atoms with E-state index in [1.54, 1.807) is 0 Å². The number of halogens is 4. The van der Waals surface area contributed by atoms with Crippen LogP contribution in [0, 0.1) is 0 Å². The molecule has 3 nitrogen and oxygen atoms in total. The quantitative estimate of drug-likeness (QED) is 0.830. The van der Waals surface area contributed by atoms with Crippen LogP contribution < -0.4 is 5.73 Å². The summed E-state index contributed by atoms with van der Waals surface area (Å²) in [7, 11) is 0. The van der Waals surface area contributed by atoms with Crippen molar-refractivity contribution >= 4 is 12.4 Å². The molecule has 14 heavy (non-hydrogen) atoms. The molecule has 0 atom stereocenters. The fourth-order valence-corrected chi connectivity index (χ4v) is 1.04. The second-order valence-corrected chi connectivity index (χ2v) is 2.66. The van der Waals surface area contributed by atoms with E-state index in [-0.39, 0.29) is 18.0 Å². The van der Waals surface area contributed by atoms with Crippen LogP contribution in [0.3, 0.4) is 0 Å². The van der Waals surface area contributed by atoms with Gasteiger partial charge in [0, 0.05) is 5.56 Å². The molecule has 0 fully saturated rings. The van der Waals surface area contributed by atoms with Crippen LogP contribution in [0.2, 0.25) is 0 Å². The second-order valence-electron chi connectivity index (χ2n) is 2.66. The second kappa shape index (κ2) is 5.21. The van der Waals surface area contributed by atoms with Gasteiger partial charge in [-0.05, 0) is 19.4 Å². The smallest absolute Gasteiger partial charge is 0.330 e. The van der Waals surface area contributed by atoms with Gasteiger partial charge in [0.15, 0.2) is 0 Å². The van der Waals surface area contributed by atoms with Crippen LogP contribution in [0.15, 0.2) is 6.20 Å². The highest BCUT2D eigenvalue weighted by atomic mass is 35.5. The number of aromatic nitrogens is 2. The highest BCUT2D eigenvalue weighted by molar-refractivity contribution is 5.85. The number of aryl methyl sites for hydroxylation is 1. The first-order valence-electron chi connectivity index (χ1n) is 3.85. The van der Waals surface area contributed by atoms with E-state index in [1.807, 2.05) is 5.10 Å². The predicted octanol–water partition coefficient (Wildman–Crippen LogP) is 1.74. The summed E-state index contributed by atoms with van der Waals surface area (Å²) < 4.78 is 36.6. The summed E-state index contributed by atoms with van der Waals surface area (Å²) in [5, 5.41) is 5.29. The van der Waals surface area contributed by atoms with Crippen LogP contribution in [0.25, 0.3) is 0 Å². The number of nitrogens with one attached hydrogen (secondary N) is 1. The zero-order valence-electron chi connectivity index (χ0n) is 7.27. The van der Waals surface area contributed by atoms with E-state index in [0.29, 0.717) is 19.4 Å². The lowest BCUT2D eigenvalue weighted by molar-refractivity contribution is -0.141.